The summed E-state index contributed by atoms with van der Waals surface area (Å²) in [7, 11) is 0. The zero-order valence-corrected chi connectivity index (χ0v) is 8.96. The van der Waals surface area contributed by atoms with Crippen molar-refractivity contribution < 1.29 is 0 Å². The number of H-pyrrole nitrogens is 1. The first-order chi connectivity index (χ1) is 8.33. The Hall–Kier alpha value is -2.50. The predicted octanol–water partition coefficient (Wildman–Crippen LogP) is 0.921. The zero-order valence-electron chi connectivity index (χ0n) is 8.96. The lowest BCUT2D eigenvalue weighted by Gasteiger charge is -2.02. The molecule has 0 radical (unpaired) electrons. The second kappa shape index (κ2) is 3.82. The molecule has 0 aromatic carbocycles. The number of nitrogens with zero attached hydrogens (tertiary/aromatic N) is 4. The van der Waals surface area contributed by atoms with Crippen molar-refractivity contribution in [3.63, 3.8) is 0 Å². The number of hydrogen-bond donors (Lipinski definition) is 2. The van der Waals surface area contributed by atoms with E-state index in [4.69, 9.17) is 5.73 Å². The average molecular weight is 226 g/mol. The molecule has 3 rings (SSSR count). The van der Waals surface area contributed by atoms with E-state index in [2.05, 4.69) is 24.9 Å². The molecule has 17 heavy (non-hydrogen) atoms. The molecule has 0 saturated heterocycles. The van der Waals surface area contributed by atoms with Gasteiger partial charge in [-0.2, -0.15) is 4.98 Å². The fraction of sp³-hybridized carbons (Fsp3) is 0.0909. The largest absolute Gasteiger partial charge is 0.368 e. The van der Waals surface area contributed by atoms with Gasteiger partial charge in [0.2, 0.25) is 5.95 Å². The molecule has 84 valence electrons. The van der Waals surface area contributed by atoms with E-state index < -0.39 is 0 Å². The summed E-state index contributed by atoms with van der Waals surface area (Å²) >= 11 is 0. The highest BCUT2D eigenvalue weighted by molar-refractivity contribution is 5.74. The fourth-order valence-electron chi connectivity index (χ4n) is 1.73. The van der Waals surface area contributed by atoms with Crippen molar-refractivity contribution in [2.45, 2.75) is 6.42 Å². The Kier molecular flexibility index (Phi) is 2.18. The van der Waals surface area contributed by atoms with Gasteiger partial charge in [0.25, 0.3) is 0 Å². The number of rotatable bonds is 2. The molecular weight excluding hydrogens is 216 g/mol. The number of aromatic nitrogens is 5. The molecule has 0 spiro atoms. The van der Waals surface area contributed by atoms with Crippen LogP contribution < -0.4 is 5.73 Å². The minimum absolute atomic E-state index is 0.251. The summed E-state index contributed by atoms with van der Waals surface area (Å²) in [4.78, 5) is 19.5. The maximum Gasteiger partial charge on any atom is 0.222 e. The lowest BCUT2D eigenvalue weighted by molar-refractivity contribution is 1.05. The summed E-state index contributed by atoms with van der Waals surface area (Å²) in [6, 6.07) is 3.88. The lowest BCUT2D eigenvalue weighted by Crippen LogP contribution is -2.01. The van der Waals surface area contributed by atoms with Crippen LogP contribution in [0, 0.1) is 0 Å². The van der Waals surface area contributed by atoms with E-state index in [1.54, 1.807) is 18.7 Å². The van der Waals surface area contributed by atoms with E-state index in [9.17, 15) is 0 Å². The second-order valence-electron chi connectivity index (χ2n) is 3.67. The summed E-state index contributed by atoms with van der Waals surface area (Å²) in [5.41, 5.74) is 8.94. The van der Waals surface area contributed by atoms with Crippen LogP contribution in [-0.2, 0) is 6.42 Å². The monoisotopic (exact) mass is 226 g/mol. The lowest BCUT2D eigenvalue weighted by atomic mass is 10.1. The van der Waals surface area contributed by atoms with Gasteiger partial charge in [0.1, 0.15) is 5.52 Å². The van der Waals surface area contributed by atoms with Gasteiger partial charge in [-0.1, -0.05) is 6.07 Å². The summed E-state index contributed by atoms with van der Waals surface area (Å²) in [5.74, 6) is 0.251. The van der Waals surface area contributed by atoms with Crippen LogP contribution in [0.3, 0.4) is 0 Å². The molecule has 0 atom stereocenters. The molecule has 3 N–H and O–H groups in total. The first-order valence-corrected chi connectivity index (χ1v) is 5.17. The molecule has 0 aliphatic heterocycles. The maximum atomic E-state index is 5.65. The van der Waals surface area contributed by atoms with E-state index in [-0.39, 0.29) is 5.95 Å². The normalized spacial score (nSPS) is 10.8. The van der Waals surface area contributed by atoms with Gasteiger partial charge in [-0.25, -0.2) is 9.97 Å². The Labute approximate surface area is 97.0 Å². The van der Waals surface area contributed by atoms with Gasteiger partial charge >= 0.3 is 0 Å². The molecule has 0 amide bonds. The molecule has 3 aromatic heterocycles. The smallest absolute Gasteiger partial charge is 0.222 e. The van der Waals surface area contributed by atoms with Crippen LogP contribution in [0.5, 0.6) is 0 Å². The fourth-order valence-corrected chi connectivity index (χ4v) is 1.73. The van der Waals surface area contributed by atoms with Crippen molar-refractivity contribution in [1.82, 2.24) is 24.9 Å². The number of nitrogens with two attached hydrogens (primary N) is 1. The summed E-state index contributed by atoms with van der Waals surface area (Å²) in [5, 5.41) is 0. The third kappa shape index (κ3) is 1.80. The average Bonchev–Trinajstić information content (AvgIpc) is 2.78. The molecule has 0 unspecified atom stereocenters. The van der Waals surface area contributed by atoms with E-state index in [0.29, 0.717) is 12.1 Å². The van der Waals surface area contributed by atoms with Crippen molar-refractivity contribution in [3.8, 4) is 0 Å². The molecule has 6 heteroatoms. The van der Waals surface area contributed by atoms with Crippen LogP contribution in [0.25, 0.3) is 11.2 Å². The van der Waals surface area contributed by atoms with Crippen LogP contribution in [0.2, 0.25) is 0 Å². The van der Waals surface area contributed by atoms with Crippen LogP contribution in [0.1, 0.15) is 11.3 Å². The molecule has 0 saturated carbocycles. The van der Waals surface area contributed by atoms with Gasteiger partial charge in [-0.3, -0.25) is 4.98 Å². The second-order valence-corrected chi connectivity index (χ2v) is 3.67. The van der Waals surface area contributed by atoms with Gasteiger partial charge < -0.3 is 10.7 Å². The highest BCUT2D eigenvalue weighted by Crippen LogP contribution is 2.15. The highest BCUT2D eigenvalue weighted by atomic mass is 15.1. The number of pyridine rings is 1. The first-order valence-electron chi connectivity index (χ1n) is 5.17. The molecule has 6 nitrogen and oxygen atoms in total. The molecule has 0 bridgehead atoms. The quantitative estimate of drug-likeness (QED) is 0.677. The Morgan fingerprint density at radius 3 is 3.06 bits per heavy atom. The third-order valence-corrected chi connectivity index (χ3v) is 2.46. The Morgan fingerprint density at radius 1 is 1.29 bits per heavy atom. The number of nitrogens with one attached hydrogen (secondary N) is 1. The third-order valence-electron chi connectivity index (χ3n) is 2.46. The Morgan fingerprint density at radius 2 is 2.24 bits per heavy atom. The van der Waals surface area contributed by atoms with Crippen LogP contribution in [-0.4, -0.2) is 24.9 Å². The minimum Gasteiger partial charge on any atom is -0.368 e. The number of aromatic amines is 1. The minimum atomic E-state index is 0.251. The number of fused-ring (bicyclic) bond motifs is 1. The molecule has 0 aliphatic carbocycles. The van der Waals surface area contributed by atoms with Crippen molar-refractivity contribution in [2.24, 2.45) is 0 Å². The Balaban J connectivity index is 2.08. The van der Waals surface area contributed by atoms with Crippen molar-refractivity contribution in [1.29, 1.82) is 0 Å². The van der Waals surface area contributed by atoms with Crippen LogP contribution in [0.15, 0.2) is 30.9 Å². The standard InChI is InChI=1S/C11H10N6/c12-11-16-8(4-7-2-1-3-13-5-7)9-10(17-11)15-6-14-9/h1-3,5-6H,4H2,(H3,12,14,15,16,17). The van der Waals surface area contributed by atoms with Crippen molar-refractivity contribution in [2.75, 3.05) is 5.73 Å². The SMILES string of the molecule is Nc1nc(Cc2cccnc2)c2nc[nH]c2n1. The number of hydrogen-bond acceptors (Lipinski definition) is 5. The van der Waals surface area contributed by atoms with Crippen molar-refractivity contribution in [3.05, 3.63) is 42.1 Å². The van der Waals surface area contributed by atoms with Gasteiger partial charge in [0, 0.05) is 18.8 Å². The number of anilines is 1. The maximum absolute atomic E-state index is 5.65. The first kappa shape index (κ1) is 9.71. The zero-order chi connectivity index (χ0) is 11.7. The summed E-state index contributed by atoms with van der Waals surface area (Å²) in [6.45, 7) is 0. The Bertz CT molecular complexity index is 645. The van der Waals surface area contributed by atoms with E-state index in [1.807, 2.05) is 12.1 Å². The van der Waals surface area contributed by atoms with Crippen LogP contribution >= 0.6 is 0 Å². The van der Waals surface area contributed by atoms with Gasteiger partial charge in [-0.05, 0) is 11.6 Å². The summed E-state index contributed by atoms with van der Waals surface area (Å²) in [6.07, 6.45) is 5.77. The van der Waals surface area contributed by atoms with E-state index >= 15 is 0 Å². The summed E-state index contributed by atoms with van der Waals surface area (Å²) < 4.78 is 0. The molecule has 0 fully saturated rings. The molecule has 0 aliphatic rings. The van der Waals surface area contributed by atoms with Crippen LogP contribution in [0.4, 0.5) is 5.95 Å². The highest BCUT2D eigenvalue weighted by Gasteiger charge is 2.09. The number of imidazole rings is 1. The van der Waals surface area contributed by atoms with Gasteiger partial charge in [0.15, 0.2) is 5.65 Å². The van der Waals surface area contributed by atoms with Gasteiger partial charge in [-0.15, -0.1) is 0 Å². The molecular formula is C11H10N6. The topological polar surface area (TPSA) is 93.4 Å². The van der Waals surface area contributed by atoms with Crippen molar-refractivity contribution >= 4 is 17.1 Å². The number of nitrogen functional groups attached to an aromatic ring is 1. The van der Waals surface area contributed by atoms with E-state index in [1.165, 1.54) is 0 Å². The molecule has 3 aromatic rings. The van der Waals surface area contributed by atoms with E-state index in [0.717, 1.165) is 16.8 Å². The van der Waals surface area contributed by atoms with Gasteiger partial charge in [0.05, 0.1) is 12.0 Å². The molecule has 3 heterocycles. The predicted molar refractivity (Wildman–Crippen MR) is 63.1 cm³/mol.